The number of hydrogen-bond acceptors (Lipinski definition) is 4. The Morgan fingerprint density at radius 2 is 2.09 bits per heavy atom. The first-order valence-corrected chi connectivity index (χ1v) is 9.02. The number of nitrogens with one attached hydrogen (secondary N) is 1. The molecule has 5 heteroatoms. The van der Waals surface area contributed by atoms with Crippen LogP contribution >= 0.6 is 11.8 Å². The number of hydrogen-bond donors (Lipinski definition) is 1. The van der Waals surface area contributed by atoms with Crippen LogP contribution in [0.25, 0.3) is 0 Å². The Morgan fingerprint density at radius 1 is 1.35 bits per heavy atom. The van der Waals surface area contributed by atoms with Gasteiger partial charge in [-0.1, -0.05) is 24.6 Å². The molecule has 0 bridgehead atoms. The van der Waals surface area contributed by atoms with E-state index in [1.807, 2.05) is 18.2 Å². The third-order valence-corrected chi connectivity index (χ3v) is 5.48. The number of fused-ring (bicyclic) bond motifs is 1. The topological polar surface area (TPSA) is 49.4 Å². The van der Waals surface area contributed by atoms with E-state index in [1.165, 1.54) is 0 Å². The summed E-state index contributed by atoms with van der Waals surface area (Å²) >= 11 is 1.60. The van der Waals surface area contributed by atoms with E-state index < -0.39 is 0 Å². The molecule has 1 aromatic carbocycles. The molecule has 1 amide bonds. The first-order chi connectivity index (χ1) is 11.1. The molecule has 1 aliphatic heterocycles. The molecule has 2 aliphatic rings. The van der Waals surface area contributed by atoms with E-state index >= 15 is 0 Å². The van der Waals surface area contributed by atoms with Crippen LogP contribution in [-0.2, 0) is 9.59 Å². The molecule has 1 heterocycles. The van der Waals surface area contributed by atoms with Crippen molar-refractivity contribution in [3.8, 4) is 0 Å². The number of benzene rings is 1. The van der Waals surface area contributed by atoms with Gasteiger partial charge in [-0.05, 0) is 44.9 Å². The number of carbonyl (C=O) groups is 2. The number of carbonyl (C=O) groups excluding carboxylic acids is 2. The molecule has 0 aromatic heterocycles. The Morgan fingerprint density at radius 3 is 2.74 bits per heavy atom. The van der Waals surface area contributed by atoms with Crippen LogP contribution < -0.4 is 10.2 Å². The van der Waals surface area contributed by atoms with Crippen LogP contribution in [-0.4, -0.2) is 18.2 Å². The molecule has 1 fully saturated rings. The van der Waals surface area contributed by atoms with Gasteiger partial charge in [-0.25, -0.2) is 0 Å². The summed E-state index contributed by atoms with van der Waals surface area (Å²) in [6.45, 7) is 4.42. The fourth-order valence-corrected chi connectivity index (χ4v) is 4.42. The van der Waals surface area contributed by atoms with Gasteiger partial charge in [0.25, 0.3) is 0 Å². The van der Waals surface area contributed by atoms with Crippen LogP contribution in [0.5, 0.6) is 0 Å². The lowest BCUT2D eigenvalue weighted by molar-refractivity contribution is -0.119. The van der Waals surface area contributed by atoms with E-state index in [0.29, 0.717) is 0 Å². The molecule has 122 valence electrons. The third-order valence-electron chi connectivity index (χ3n) is 4.37. The van der Waals surface area contributed by atoms with Crippen molar-refractivity contribution in [1.82, 2.24) is 0 Å². The van der Waals surface area contributed by atoms with Crippen molar-refractivity contribution in [3.05, 3.63) is 29.3 Å². The normalized spacial score (nSPS) is 19.2. The molecule has 0 unspecified atom stereocenters. The minimum Gasteiger partial charge on any atom is -0.335 e. The average Bonchev–Trinajstić information content (AvgIpc) is 3.13. The van der Waals surface area contributed by atoms with Crippen molar-refractivity contribution in [2.24, 2.45) is 5.92 Å². The lowest BCUT2D eigenvalue weighted by atomic mass is 10.1. The summed E-state index contributed by atoms with van der Waals surface area (Å²) in [6, 6.07) is 5.98. The number of anilines is 2. The Bertz CT molecular complexity index is 663. The molecule has 1 aliphatic carbocycles. The predicted molar refractivity (Wildman–Crippen MR) is 94.7 cm³/mol. The van der Waals surface area contributed by atoms with Crippen LogP contribution in [0.15, 0.2) is 34.2 Å². The van der Waals surface area contributed by atoms with E-state index in [2.05, 4.69) is 17.1 Å². The average molecular weight is 330 g/mol. The zero-order chi connectivity index (χ0) is 16.4. The van der Waals surface area contributed by atoms with Gasteiger partial charge in [0, 0.05) is 29.1 Å². The van der Waals surface area contributed by atoms with Crippen molar-refractivity contribution < 1.29 is 9.59 Å². The van der Waals surface area contributed by atoms with Gasteiger partial charge in [0.05, 0.1) is 10.7 Å². The number of amides is 1. The second-order valence-corrected chi connectivity index (χ2v) is 7.15. The Kier molecular flexibility index (Phi) is 4.76. The van der Waals surface area contributed by atoms with E-state index in [-0.39, 0.29) is 17.6 Å². The Hall–Kier alpha value is -1.75. The number of nitrogens with zero attached hydrogens (tertiary/aromatic N) is 1. The smallest absolute Gasteiger partial charge is 0.227 e. The summed E-state index contributed by atoms with van der Waals surface area (Å²) in [5.74, 6) is 0.345. The molecule has 1 saturated carbocycles. The molecular weight excluding hydrogens is 308 g/mol. The second-order valence-electron chi connectivity index (χ2n) is 6.09. The fraction of sp³-hybridized carbons (Fsp3) is 0.444. The van der Waals surface area contributed by atoms with Gasteiger partial charge >= 0.3 is 0 Å². The van der Waals surface area contributed by atoms with Crippen molar-refractivity contribution >= 4 is 34.8 Å². The largest absolute Gasteiger partial charge is 0.335 e. The lowest BCUT2D eigenvalue weighted by Crippen LogP contribution is -2.21. The standard InChI is InChI=1S/C18H22N2O2S/c1-3-20-15-11-14(19-18(22)13-6-4-5-7-13)8-9-16(15)23-17(20)10-12(2)21/h8-11,13H,3-7H2,1-2H3,(H,19,22)/b17-10-. The van der Waals surface area contributed by atoms with Crippen LogP contribution in [0.1, 0.15) is 39.5 Å². The van der Waals surface area contributed by atoms with E-state index in [9.17, 15) is 9.59 Å². The van der Waals surface area contributed by atoms with E-state index in [1.54, 1.807) is 24.8 Å². The highest BCUT2D eigenvalue weighted by atomic mass is 32.2. The molecule has 4 nitrogen and oxygen atoms in total. The third kappa shape index (κ3) is 3.44. The van der Waals surface area contributed by atoms with Crippen LogP contribution in [0.3, 0.4) is 0 Å². The summed E-state index contributed by atoms with van der Waals surface area (Å²) in [5.41, 5.74) is 1.90. The Balaban J connectivity index is 1.80. The number of ketones is 1. The summed E-state index contributed by atoms with van der Waals surface area (Å²) in [7, 11) is 0. The second kappa shape index (κ2) is 6.79. The molecule has 0 saturated heterocycles. The molecule has 3 rings (SSSR count). The first kappa shape index (κ1) is 16.1. The van der Waals surface area contributed by atoms with Gasteiger partial charge in [0.2, 0.25) is 5.91 Å². The predicted octanol–water partition coefficient (Wildman–Crippen LogP) is 4.18. The van der Waals surface area contributed by atoms with Crippen LogP contribution in [0.2, 0.25) is 0 Å². The summed E-state index contributed by atoms with van der Waals surface area (Å²) in [6.07, 6.45) is 5.98. The molecule has 0 atom stereocenters. The van der Waals surface area contributed by atoms with Crippen molar-refractivity contribution in [1.29, 1.82) is 0 Å². The van der Waals surface area contributed by atoms with Gasteiger partial charge in [-0.3, -0.25) is 9.59 Å². The number of thioether (sulfide) groups is 1. The number of rotatable bonds is 4. The number of allylic oxidation sites excluding steroid dienone is 1. The van der Waals surface area contributed by atoms with E-state index in [4.69, 9.17) is 0 Å². The zero-order valence-corrected chi connectivity index (χ0v) is 14.4. The highest BCUT2D eigenvalue weighted by Crippen LogP contribution is 2.46. The summed E-state index contributed by atoms with van der Waals surface area (Å²) in [5, 5.41) is 4.01. The fourth-order valence-electron chi connectivity index (χ4n) is 3.22. The highest BCUT2D eigenvalue weighted by Gasteiger charge is 2.26. The van der Waals surface area contributed by atoms with Crippen molar-refractivity contribution in [2.45, 2.75) is 44.4 Å². The molecule has 1 aromatic rings. The minimum absolute atomic E-state index is 0.0496. The van der Waals surface area contributed by atoms with E-state index in [0.717, 1.165) is 53.5 Å². The van der Waals surface area contributed by atoms with Gasteiger partial charge in [0.15, 0.2) is 5.78 Å². The van der Waals surface area contributed by atoms with Crippen LogP contribution in [0, 0.1) is 5.92 Å². The molecule has 0 radical (unpaired) electrons. The quantitative estimate of drug-likeness (QED) is 0.842. The molecular formula is C18H22N2O2S. The molecule has 23 heavy (non-hydrogen) atoms. The van der Waals surface area contributed by atoms with Gasteiger partial charge < -0.3 is 10.2 Å². The minimum atomic E-state index is 0.0496. The SMILES string of the molecule is CCN1/C(=C/C(C)=O)Sc2ccc(NC(=O)C3CCCC3)cc21. The zero-order valence-electron chi connectivity index (χ0n) is 13.6. The monoisotopic (exact) mass is 330 g/mol. The molecule has 1 N–H and O–H groups in total. The maximum absolute atomic E-state index is 12.3. The van der Waals surface area contributed by atoms with Crippen LogP contribution in [0.4, 0.5) is 11.4 Å². The van der Waals surface area contributed by atoms with Crippen molar-refractivity contribution in [2.75, 3.05) is 16.8 Å². The first-order valence-electron chi connectivity index (χ1n) is 8.21. The van der Waals surface area contributed by atoms with Crippen molar-refractivity contribution in [3.63, 3.8) is 0 Å². The van der Waals surface area contributed by atoms with Gasteiger partial charge in [0.1, 0.15) is 0 Å². The maximum atomic E-state index is 12.3. The van der Waals surface area contributed by atoms with Gasteiger partial charge in [-0.15, -0.1) is 0 Å². The summed E-state index contributed by atoms with van der Waals surface area (Å²) in [4.78, 5) is 26.9. The lowest BCUT2D eigenvalue weighted by Gasteiger charge is -2.18. The van der Waals surface area contributed by atoms with Gasteiger partial charge in [-0.2, -0.15) is 0 Å². The maximum Gasteiger partial charge on any atom is 0.227 e. The Labute approximate surface area is 141 Å². The molecule has 0 spiro atoms. The summed E-state index contributed by atoms with van der Waals surface area (Å²) < 4.78 is 0. The highest BCUT2D eigenvalue weighted by molar-refractivity contribution is 8.03.